The first-order valence-corrected chi connectivity index (χ1v) is 9.41. The summed E-state index contributed by atoms with van der Waals surface area (Å²) in [5.74, 6) is 1.21. The van der Waals surface area contributed by atoms with Crippen molar-refractivity contribution in [2.24, 2.45) is 5.73 Å². The molecule has 2 aromatic rings. The zero-order chi connectivity index (χ0) is 20.8. The van der Waals surface area contributed by atoms with Crippen LogP contribution in [0.1, 0.15) is 25.0 Å². The summed E-state index contributed by atoms with van der Waals surface area (Å²) < 4.78 is 16.7. The molecule has 2 amide bonds. The second kappa shape index (κ2) is 9.14. The summed E-state index contributed by atoms with van der Waals surface area (Å²) in [6.45, 7) is 4.28. The van der Waals surface area contributed by atoms with Gasteiger partial charge in [-0.25, -0.2) is 0 Å². The van der Waals surface area contributed by atoms with Crippen LogP contribution in [0.25, 0.3) is 6.08 Å². The predicted molar refractivity (Wildman–Crippen MR) is 110 cm³/mol. The molecule has 0 aliphatic carbocycles. The van der Waals surface area contributed by atoms with Gasteiger partial charge >= 0.3 is 0 Å². The summed E-state index contributed by atoms with van der Waals surface area (Å²) in [4.78, 5) is 23.0. The summed E-state index contributed by atoms with van der Waals surface area (Å²) in [5, 5.41) is 2.77. The molecule has 0 fully saturated rings. The fourth-order valence-electron chi connectivity index (χ4n) is 3.00. The quantitative estimate of drug-likeness (QED) is 0.669. The van der Waals surface area contributed by atoms with E-state index in [0.717, 1.165) is 29.0 Å². The second-order valence-electron chi connectivity index (χ2n) is 6.67. The van der Waals surface area contributed by atoms with Gasteiger partial charge in [0.15, 0.2) is 6.61 Å². The van der Waals surface area contributed by atoms with Crippen molar-refractivity contribution in [2.45, 2.75) is 26.4 Å². The highest BCUT2D eigenvalue weighted by atomic mass is 16.5. The predicted octanol–water partition coefficient (Wildman–Crippen LogP) is 2.92. The summed E-state index contributed by atoms with van der Waals surface area (Å²) in [7, 11) is 0. The number of carbonyl (C=O) groups excluding carboxylic acids is 2. The Kier molecular flexibility index (Phi) is 6.39. The summed E-state index contributed by atoms with van der Waals surface area (Å²) in [6, 6.07) is 10.5. The van der Waals surface area contributed by atoms with Crippen molar-refractivity contribution in [1.29, 1.82) is 0 Å². The maximum absolute atomic E-state index is 12.3. The van der Waals surface area contributed by atoms with Crippen molar-refractivity contribution in [1.82, 2.24) is 0 Å². The van der Waals surface area contributed by atoms with Crippen LogP contribution in [0, 0.1) is 0 Å². The van der Waals surface area contributed by atoms with Crippen molar-refractivity contribution < 1.29 is 23.8 Å². The first-order chi connectivity index (χ1) is 13.9. The number of amides is 2. The number of benzene rings is 2. The van der Waals surface area contributed by atoms with E-state index < -0.39 is 5.91 Å². The summed E-state index contributed by atoms with van der Waals surface area (Å²) >= 11 is 0. The van der Waals surface area contributed by atoms with E-state index in [4.69, 9.17) is 19.9 Å². The number of primary amides is 1. The van der Waals surface area contributed by atoms with Gasteiger partial charge in [-0.15, -0.1) is 0 Å². The number of fused-ring (bicyclic) bond motifs is 1. The van der Waals surface area contributed by atoms with Crippen LogP contribution >= 0.6 is 0 Å². The molecular weight excluding hydrogens is 372 g/mol. The SMILES string of the molecule is CCOc1cc2c(cc1/C=C/C(=O)Nc1ccc(OCC(N)=O)cc1)OC(C)C2. The Labute approximate surface area is 169 Å². The van der Waals surface area contributed by atoms with Crippen molar-refractivity contribution in [3.63, 3.8) is 0 Å². The summed E-state index contributed by atoms with van der Waals surface area (Å²) in [5.41, 5.74) is 7.53. The van der Waals surface area contributed by atoms with Gasteiger partial charge in [0.1, 0.15) is 23.4 Å². The third-order valence-corrected chi connectivity index (χ3v) is 4.25. The maximum atomic E-state index is 12.3. The topological polar surface area (TPSA) is 99.9 Å². The highest BCUT2D eigenvalue weighted by molar-refractivity contribution is 6.02. The zero-order valence-electron chi connectivity index (χ0n) is 16.4. The molecule has 0 bridgehead atoms. The van der Waals surface area contributed by atoms with Gasteiger partial charge in [-0.3, -0.25) is 9.59 Å². The van der Waals surface area contributed by atoms with Crippen LogP contribution in [0.15, 0.2) is 42.5 Å². The van der Waals surface area contributed by atoms with Crippen molar-refractivity contribution in [2.75, 3.05) is 18.5 Å². The molecule has 1 atom stereocenters. The number of anilines is 1. The van der Waals surface area contributed by atoms with E-state index in [2.05, 4.69) is 5.32 Å². The maximum Gasteiger partial charge on any atom is 0.255 e. The number of ether oxygens (including phenoxy) is 3. The molecule has 2 aromatic carbocycles. The number of rotatable bonds is 8. The van der Waals surface area contributed by atoms with Gasteiger partial charge in [-0.1, -0.05) is 0 Å². The van der Waals surface area contributed by atoms with Crippen LogP contribution in [-0.4, -0.2) is 31.1 Å². The number of hydrogen-bond acceptors (Lipinski definition) is 5. The Morgan fingerprint density at radius 2 is 2.00 bits per heavy atom. The lowest BCUT2D eigenvalue weighted by atomic mass is 10.1. The van der Waals surface area contributed by atoms with Gasteiger partial charge in [0, 0.05) is 29.3 Å². The Morgan fingerprint density at radius 3 is 2.69 bits per heavy atom. The monoisotopic (exact) mass is 396 g/mol. The highest BCUT2D eigenvalue weighted by Crippen LogP contribution is 2.35. The lowest BCUT2D eigenvalue weighted by molar-refractivity contribution is -0.120. The van der Waals surface area contributed by atoms with Crippen LogP contribution in [0.3, 0.4) is 0 Å². The molecule has 3 N–H and O–H groups in total. The number of nitrogens with one attached hydrogen (secondary N) is 1. The van der Waals surface area contributed by atoms with E-state index in [1.807, 2.05) is 26.0 Å². The molecule has 29 heavy (non-hydrogen) atoms. The molecule has 1 aliphatic heterocycles. The van der Waals surface area contributed by atoms with Gasteiger partial charge in [-0.2, -0.15) is 0 Å². The van der Waals surface area contributed by atoms with E-state index in [-0.39, 0.29) is 18.6 Å². The Hall–Kier alpha value is -3.48. The third kappa shape index (κ3) is 5.51. The minimum absolute atomic E-state index is 0.136. The first-order valence-electron chi connectivity index (χ1n) is 9.41. The van der Waals surface area contributed by atoms with E-state index in [1.54, 1.807) is 30.3 Å². The highest BCUT2D eigenvalue weighted by Gasteiger charge is 2.21. The standard InChI is InChI=1S/C22H24N2O5/c1-3-27-19-12-16-10-14(2)29-20(16)11-15(19)4-9-22(26)24-17-5-7-18(8-6-17)28-13-21(23)25/h4-9,11-12,14H,3,10,13H2,1-2H3,(H2,23,25)(H,24,26)/b9-4+. The number of carbonyl (C=O) groups is 2. The van der Waals surface area contributed by atoms with Gasteiger partial charge in [0.25, 0.3) is 5.91 Å². The lowest BCUT2D eigenvalue weighted by Crippen LogP contribution is -2.20. The molecule has 0 saturated carbocycles. The minimum Gasteiger partial charge on any atom is -0.493 e. The van der Waals surface area contributed by atoms with Crippen LogP contribution in [0.5, 0.6) is 17.2 Å². The van der Waals surface area contributed by atoms with Crippen LogP contribution < -0.4 is 25.3 Å². The zero-order valence-corrected chi connectivity index (χ0v) is 16.4. The molecule has 0 saturated heterocycles. The van der Waals surface area contributed by atoms with Crippen LogP contribution in [0.2, 0.25) is 0 Å². The lowest BCUT2D eigenvalue weighted by Gasteiger charge is -2.10. The molecule has 0 spiro atoms. The Morgan fingerprint density at radius 1 is 1.24 bits per heavy atom. The van der Waals surface area contributed by atoms with Gasteiger partial charge in [0.2, 0.25) is 5.91 Å². The molecule has 7 heteroatoms. The molecule has 1 unspecified atom stereocenters. The molecule has 0 aromatic heterocycles. The van der Waals surface area contributed by atoms with Crippen LogP contribution in [-0.2, 0) is 16.0 Å². The first kappa shape index (κ1) is 20.3. The van der Waals surface area contributed by atoms with Gasteiger partial charge < -0.3 is 25.3 Å². The molecular formula is C22H24N2O5. The molecule has 1 aliphatic rings. The van der Waals surface area contributed by atoms with E-state index >= 15 is 0 Å². The van der Waals surface area contributed by atoms with E-state index in [0.29, 0.717) is 18.0 Å². The largest absolute Gasteiger partial charge is 0.493 e. The fraction of sp³-hybridized carbons (Fsp3) is 0.273. The minimum atomic E-state index is -0.551. The second-order valence-corrected chi connectivity index (χ2v) is 6.67. The van der Waals surface area contributed by atoms with Crippen molar-refractivity contribution >= 4 is 23.6 Å². The molecule has 7 nitrogen and oxygen atoms in total. The smallest absolute Gasteiger partial charge is 0.255 e. The Balaban J connectivity index is 1.66. The van der Waals surface area contributed by atoms with E-state index in [9.17, 15) is 9.59 Å². The summed E-state index contributed by atoms with van der Waals surface area (Å²) in [6.07, 6.45) is 4.13. The average molecular weight is 396 g/mol. The van der Waals surface area contributed by atoms with Crippen LogP contribution in [0.4, 0.5) is 5.69 Å². The van der Waals surface area contributed by atoms with Crippen molar-refractivity contribution in [3.8, 4) is 17.2 Å². The number of hydrogen-bond donors (Lipinski definition) is 2. The number of nitrogens with two attached hydrogens (primary N) is 1. The molecule has 0 radical (unpaired) electrons. The molecule has 152 valence electrons. The fourth-order valence-corrected chi connectivity index (χ4v) is 3.00. The molecule has 1 heterocycles. The van der Waals surface area contributed by atoms with E-state index in [1.165, 1.54) is 6.08 Å². The van der Waals surface area contributed by atoms with Crippen molar-refractivity contribution in [3.05, 3.63) is 53.6 Å². The Bertz CT molecular complexity index is 922. The average Bonchev–Trinajstić information content (AvgIpc) is 3.04. The molecule has 3 rings (SSSR count). The van der Waals surface area contributed by atoms with Gasteiger partial charge in [0.05, 0.1) is 6.61 Å². The normalized spacial score (nSPS) is 14.9. The van der Waals surface area contributed by atoms with Gasteiger partial charge in [-0.05, 0) is 56.3 Å². The third-order valence-electron chi connectivity index (χ3n) is 4.25.